The van der Waals surface area contributed by atoms with Crippen LogP contribution in [0.1, 0.15) is 40.2 Å². The van der Waals surface area contributed by atoms with Gasteiger partial charge in [-0.2, -0.15) is 0 Å². The number of nitrogens with one attached hydrogen (secondary N) is 1. The Morgan fingerprint density at radius 3 is 2.47 bits per heavy atom. The van der Waals surface area contributed by atoms with Crippen molar-refractivity contribution in [3.63, 3.8) is 0 Å². The summed E-state index contributed by atoms with van der Waals surface area (Å²) < 4.78 is 5.18. The van der Waals surface area contributed by atoms with Crippen LogP contribution in [0.4, 0.5) is 11.4 Å². The van der Waals surface area contributed by atoms with Crippen molar-refractivity contribution in [1.82, 2.24) is 9.80 Å². The lowest BCUT2D eigenvalue weighted by atomic mass is 9.96. The minimum absolute atomic E-state index is 0.0110. The average Bonchev–Trinajstić information content (AvgIpc) is 3.33. The zero-order valence-electron chi connectivity index (χ0n) is 16.7. The van der Waals surface area contributed by atoms with Gasteiger partial charge in [0.25, 0.3) is 11.8 Å². The number of anilines is 2. The lowest BCUT2D eigenvalue weighted by molar-refractivity contribution is -0.118. The molecule has 30 heavy (non-hydrogen) atoms. The molecule has 0 aliphatic carbocycles. The Kier molecular flexibility index (Phi) is 4.69. The first-order chi connectivity index (χ1) is 14.6. The molecule has 3 aliphatic heterocycles. The molecule has 5 rings (SSSR count). The molecule has 2 aromatic rings. The minimum atomic E-state index is -0.153. The fraction of sp³-hybridized carbons (Fsp3) is 0.409. The van der Waals surface area contributed by atoms with Gasteiger partial charge in [0.1, 0.15) is 6.04 Å². The molecular formula is C22H24N4O4. The molecule has 1 N–H and O–H groups in total. The van der Waals surface area contributed by atoms with Crippen LogP contribution in [0.2, 0.25) is 0 Å². The van der Waals surface area contributed by atoms with E-state index in [1.807, 2.05) is 12.1 Å². The summed E-state index contributed by atoms with van der Waals surface area (Å²) in [6.07, 6.45) is 4.49. The monoisotopic (exact) mass is 408 g/mol. The van der Waals surface area contributed by atoms with Crippen molar-refractivity contribution in [3.8, 4) is 0 Å². The smallest absolute Gasteiger partial charge is 0.289 e. The zero-order valence-corrected chi connectivity index (χ0v) is 16.7. The highest BCUT2D eigenvalue weighted by Gasteiger charge is 2.35. The Morgan fingerprint density at radius 1 is 0.967 bits per heavy atom. The number of hydrogen-bond acceptors (Lipinski definition) is 5. The second-order valence-corrected chi connectivity index (χ2v) is 7.99. The van der Waals surface area contributed by atoms with Gasteiger partial charge >= 0.3 is 0 Å². The fourth-order valence-electron chi connectivity index (χ4n) is 4.58. The van der Waals surface area contributed by atoms with E-state index in [0.29, 0.717) is 43.2 Å². The Bertz CT molecular complexity index is 979. The number of benzene rings is 1. The van der Waals surface area contributed by atoms with Crippen molar-refractivity contribution in [3.05, 3.63) is 47.9 Å². The summed E-state index contributed by atoms with van der Waals surface area (Å²) in [5, 5.41) is 2.98. The summed E-state index contributed by atoms with van der Waals surface area (Å²) >= 11 is 0. The Morgan fingerprint density at radius 2 is 1.73 bits per heavy atom. The summed E-state index contributed by atoms with van der Waals surface area (Å²) in [5.74, 6) is 0.0886. The van der Waals surface area contributed by atoms with Crippen LogP contribution < -0.4 is 10.2 Å². The molecule has 0 saturated carbocycles. The summed E-state index contributed by atoms with van der Waals surface area (Å²) in [5.41, 5.74) is 2.25. The third kappa shape index (κ3) is 3.22. The molecule has 4 heterocycles. The van der Waals surface area contributed by atoms with Crippen LogP contribution in [0.25, 0.3) is 0 Å². The molecular weight excluding hydrogens is 384 g/mol. The second-order valence-electron chi connectivity index (χ2n) is 7.99. The van der Waals surface area contributed by atoms with Gasteiger partial charge < -0.3 is 24.4 Å². The van der Waals surface area contributed by atoms with E-state index in [4.69, 9.17) is 4.42 Å². The van der Waals surface area contributed by atoms with Crippen LogP contribution in [0.15, 0.2) is 41.0 Å². The Hall–Kier alpha value is -3.29. The number of rotatable bonds is 2. The predicted molar refractivity (Wildman–Crippen MR) is 111 cm³/mol. The lowest BCUT2D eigenvalue weighted by Crippen LogP contribution is -2.51. The van der Waals surface area contributed by atoms with E-state index in [-0.39, 0.29) is 23.8 Å². The van der Waals surface area contributed by atoms with Crippen molar-refractivity contribution in [2.24, 2.45) is 0 Å². The van der Waals surface area contributed by atoms with Crippen molar-refractivity contribution >= 4 is 29.1 Å². The fourth-order valence-corrected chi connectivity index (χ4v) is 4.58. The van der Waals surface area contributed by atoms with Gasteiger partial charge in [-0.3, -0.25) is 14.4 Å². The molecule has 0 radical (unpaired) electrons. The normalized spacial score (nSPS) is 21.0. The van der Waals surface area contributed by atoms with Crippen molar-refractivity contribution < 1.29 is 18.8 Å². The number of furan rings is 1. The first-order valence-electron chi connectivity index (χ1n) is 10.5. The third-order valence-electron chi connectivity index (χ3n) is 6.20. The molecule has 8 nitrogen and oxygen atoms in total. The van der Waals surface area contributed by atoms with Crippen LogP contribution >= 0.6 is 0 Å². The lowest BCUT2D eigenvalue weighted by Gasteiger charge is -2.41. The van der Waals surface area contributed by atoms with Gasteiger partial charge in [-0.1, -0.05) is 0 Å². The highest BCUT2D eigenvalue weighted by atomic mass is 16.3. The van der Waals surface area contributed by atoms with Gasteiger partial charge in [0.15, 0.2) is 5.76 Å². The molecule has 1 aromatic heterocycles. The van der Waals surface area contributed by atoms with E-state index in [2.05, 4.69) is 10.2 Å². The van der Waals surface area contributed by atoms with Gasteiger partial charge in [0.05, 0.1) is 17.6 Å². The number of piperazine rings is 1. The molecule has 2 saturated heterocycles. The van der Waals surface area contributed by atoms with E-state index in [9.17, 15) is 14.4 Å². The van der Waals surface area contributed by atoms with Crippen LogP contribution in [-0.2, 0) is 4.79 Å². The molecule has 3 amide bonds. The molecule has 3 aliphatic rings. The molecule has 1 atom stereocenters. The van der Waals surface area contributed by atoms with Crippen LogP contribution in [0, 0.1) is 0 Å². The van der Waals surface area contributed by atoms with Gasteiger partial charge in [0, 0.05) is 38.3 Å². The number of fused-ring (bicyclic) bond motifs is 3. The zero-order chi connectivity index (χ0) is 20.7. The largest absolute Gasteiger partial charge is 0.459 e. The van der Waals surface area contributed by atoms with E-state index in [1.165, 1.54) is 6.26 Å². The van der Waals surface area contributed by atoms with Crippen molar-refractivity contribution in [2.75, 3.05) is 42.9 Å². The van der Waals surface area contributed by atoms with Gasteiger partial charge in [-0.25, -0.2) is 0 Å². The number of nitrogens with zero attached hydrogens (tertiary/aromatic N) is 3. The quantitative estimate of drug-likeness (QED) is 0.823. The van der Waals surface area contributed by atoms with E-state index in [0.717, 1.165) is 31.5 Å². The molecule has 2 fully saturated rings. The van der Waals surface area contributed by atoms with Gasteiger partial charge in [-0.05, 0) is 49.6 Å². The molecule has 1 unspecified atom stereocenters. The Labute approximate surface area is 174 Å². The number of carbonyl (C=O) groups excluding carboxylic acids is 3. The molecule has 1 aromatic carbocycles. The minimum Gasteiger partial charge on any atom is -0.459 e. The van der Waals surface area contributed by atoms with Crippen LogP contribution in [0.3, 0.4) is 0 Å². The number of hydrogen-bond donors (Lipinski definition) is 1. The first kappa shape index (κ1) is 18.7. The maximum atomic E-state index is 13.0. The van der Waals surface area contributed by atoms with Crippen LogP contribution in [0.5, 0.6) is 0 Å². The van der Waals surface area contributed by atoms with E-state index in [1.54, 1.807) is 28.0 Å². The first-order valence-corrected chi connectivity index (χ1v) is 10.5. The maximum absolute atomic E-state index is 13.0. The summed E-state index contributed by atoms with van der Waals surface area (Å²) in [6, 6.07) is 8.79. The van der Waals surface area contributed by atoms with Crippen molar-refractivity contribution in [1.29, 1.82) is 0 Å². The number of piperidine rings is 1. The Balaban J connectivity index is 1.28. The summed E-state index contributed by atoms with van der Waals surface area (Å²) in [4.78, 5) is 43.5. The highest BCUT2D eigenvalue weighted by molar-refractivity contribution is 6.06. The summed E-state index contributed by atoms with van der Waals surface area (Å²) in [6.45, 7) is 2.71. The average molecular weight is 408 g/mol. The SMILES string of the molecule is O=C1Nc2cc(C(=O)N3CCN(C(=O)c4ccco4)CC3)ccc2N2CCCCC12. The van der Waals surface area contributed by atoms with Crippen molar-refractivity contribution in [2.45, 2.75) is 25.3 Å². The highest BCUT2D eigenvalue weighted by Crippen LogP contribution is 2.36. The molecule has 8 heteroatoms. The van der Waals surface area contributed by atoms with Gasteiger partial charge in [-0.15, -0.1) is 0 Å². The molecule has 0 spiro atoms. The van der Waals surface area contributed by atoms with Crippen LogP contribution in [-0.4, -0.2) is 66.3 Å². The molecule has 156 valence electrons. The molecule has 0 bridgehead atoms. The number of carbonyl (C=O) groups is 3. The predicted octanol–water partition coefficient (Wildman–Crippen LogP) is 2.19. The van der Waals surface area contributed by atoms with E-state index >= 15 is 0 Å². The summed E-state index contributed by atoms with van der Waals surface area (Å²) in [7, 11) is 0. The van der Waals surface area contributed by atoms with Gasteiger partial charge in [0.2, 0.25) is 5.91 Å². The van der Waals surface area contributed by atoms with E-state index < -0.39 is 0 Å². The third-order valence-corrected chi connectivity index (χ3v) is 6.20. The maximum Gasteiger partial charge on any atom is 0.289 e. The second kappa shape index (κ2) is 7.51. The standard InChI is InChI=1S/C22H24N4O4/c27-20-18-4-1-2-8-26(18)17-7-6-15(14-16(17)23-20)21(28)24-9-11-25(12-10-24)22(29)19-5-3-13-30-19/h3,5-7,13-14,18H,1-2,4,8-12H2,(H,23,27). The topological polar surface area (TPSA) is 86.1 Å². The number of amides is 3.